The van der Waals surface area contributed by atoms with Crippen LogP contribution < -0.4 is 5.32 Å². The smallest absolute Gasteiger partial charge is 0.272 e. The molecule has 0 aliphatic carbocycles. The van der Waals surface area contributed by atoms with Crippen molar-refractivity contribution in [2.24, 2.45) is 5.92 Å². The van der Waals surface area contributed by atoms with Crippen molar-refractivity contribution in [3.8, 4) is 0 Å². The molecule has 1 saturated heterocycles. The van der Waals surface area contributed by atoms with E-state index in [0.717, 1.165) is 25.7 Å². The highest BCUT2D eigenvalue weighted by Gasteiger charge is 2.35. The molecule has 0 saturated carbocycles. The first-order chi connectivity index (χ1) is 13.2. The molecule has 2 atom stereocenters. The second-order valence-electron chi connectivity index (χ2n) is 8.15. The molecule has 1 fully saturated rings. The number of rotatable bonds is 8. The summed E-state index contributed by atoms with van der Waals surface area (Å²) in [5.41, 5.74) is 0.810. The van der Waals surface area contributed by atoms with E-state index in [1.54, 1.807) is 11.8 Å². The Labute approximate surface area is 166 Å². The molecular weight excluding hydrogens is 358 g/mol. The number of hydrogen-bond acceptors (Lipinski definition) is 4. The normalized spacial score (nSPS) is 17.6. The average Bonchev–Trinajstić information content (AvgIpc) is 3.10. The zero-order chi connectivity index (χ0) is 20.8. The average molecular weight is 389 g/mol. The summed E-state index contributed by atoms with van der Waals surface area (Å²) in [5, 5.41) is 14.0. The molecular formula is C21H31N3O4. The van der Waals surface area contributed by atoms with Gasteiger partial charge >= 0.3 is 0 Å². The van der Waals surface area contributed by atoms with E-state index in [-0.39, 0.29) is 23.5 Å². The van der Waals surface area contributed by atoms with E-state index in [9.17, 15) is 19.7 Å². The van der Waals surface area contributed by atoms with Crippen LogP contribution in [0.3, 0.4) is 0 Å². The van der Waals surface area contributed by atoms with Crippen LogP contribution in [0.25, 0.3) is 0 Å². The van der Waals surface area contributed by atoms with Crippen LogP contribution in [-0.4, -0.2) is 40.3 Å². The highest BCUT2D eigenvalue weighted by atomic mass is 16.6. The van der Waals surface area contributed by atoms with Crippen LogP contribution in [0.5, 0.6) is 0 Å². The molecule has 1 N–H and O–H groups in total. The van der Waals surface area contributed by atoms with Gasteiger partial charge < -0.3 is 10.2 Å². The van der Waals surface area contributed by atoms with Gasteiger partial charge in [0.15, 0.2) is 0 Å². The number of amides is 2. The fraction of sp³-hybridized carbons (Fsp3) is 0.619. The van der Waals surface area contributed by atoms with Crippen LogP contribution in [0, 0.1) is 23.0 Å². The maximum Gasteiger partial charge on any atom is 0.272 e. The van der Waals surface area contributed by atoms with E-state index in [4.69, 9.17) is 0 Å². The molecule has 1 aromatic rings. The molecule has 2 unspecified atom stereocenters. The lowest BCUT2D eigenvalue weighted by molar-refractivity contribution is -0.385. The molecule has 1 aliphatic heterocycles. The number of carbonyl (C=O) groups is 2. The molecule has 1 aromatic carbocycles. The Bertz CT molecular complexity index is 732. The molecule has 1 heterocycles. The molecule has 2 amide bonds. The number of carbonyl (C=O) groups excluding carboxylic acids is 2. The first-order valence-electron chi connectivity index (χ1n) is 10.1. The Morgan fingerprint density at radius 3 is 2.61 bits per heavy atom. The third kappa shape index (κ3) is 5.53. The van der Waals surface area contributed by atoms with Gasteiger partial charge in [0, 0.05) is 29.8 Å². The van der Waals surface area contributed by atoms with Gasteiger partial charge in [0.2, 0.25) is 5.91 Å². The number of nitrogens with one attached hydrogen (secondary N) is 1. The lowest BCUT2D eigenvalue weighted by Crippen LogP contribution is -2.48. The van der Waals surface area contributed by atoms with Gasteiger partial charge in [0.05, 0.1) is 4.92 Å². The molecule has 0 spiro atoms. The topological polar surface area (TPSA) is 92.6 Å². The highest BCUT2D eigenvalue weighted by Crippen LogP contribution is 2.24. The first-order valence-corrected chi connectivity index (χ1v) is 10.1. The number of nitro groups is 1. The number of hydrogen-bond donors (Lipinski definition) is 1. The predicted molar refractivity (Wildman–Crippen MR) is 108 cm³/mol. The minimum atomic E-state index is -0.476. The summed E-state index contributed by atoms with van der Waals surface area (Å²) < 4.78 is 0. The molecule has 7 heteroatoms. The second-order valence-corrected chi connectivity index (χ2v) is 8.15. The van der Waals surface area contributed by atoms with Crippen molar-refractivity contribution in [3.05, 3.63) is 39.4 Å². The van der Waals surface area contributed by atoms with Crippen LogP contribution in [0.4, 0.5) is 5.69 Å². The SMILES string of the molecule is Cc1cc(C(=O)N2CCCC2C(=O)NC(C)CCCC(C)C)ccc1[N+](=O)[O-]. The summed E-state index contributed by atoms with van der Waals surface area (Å²) in [6.07, 6.45) is 4.54. The third-order valence-electron chi connectivity index (χ3n) is 5.26. The Morgan fingerprint density at radius 2 is 2.00 bits per heavy atom. The van der Waals surface area contributed by atoms with Gasteiger partial charge in [-0.05, 0) is 51.2 Å². The fourth-order valence-corrected chi connectivity index (χ4v) is 3.69. The Balaban J connectivity index is 2.01. The highest BCUT2D eigenvalue weighted by molar-refractivity contribution is 5.98. The Morgan fingerprint density at radius 1 is 1.29 bits per heavy atom. The van der Waals surface area contributed by atoms with Gasteiger partial charge in [0.1, 0.15) is 6.04 Å². The van der Waals surface area contributed by atoms with Crippen molar-refractivity contribution in [2.75, 3.05) is 6.54 Å². The van der Waals surface area contributed by atoms with Crippen molar-refractivity contribution in [1.29, 1.82) is 0 Å². The number of benzene rings is 1. The van der Waals surface area contributed by atoms with Crippen LogP contribution in [0.2, 0.25) is 0 Å². The molecule has 0 radical (unpaired) electrons. The largest absolute Gasteiger partial charge is 0.352 e. The summed E-state index contributed by atoms with van der Waals surface area (Å²) in [7, 11) is 0. The molecule has 0 aromatic heterocycles. The third-order valence-corrected chi connectivity index (χ3v) is 5.26. The van der Waals surface area contributed by atoms with E-state index >= 15 is 0 Å². The van der Waals surface area contributed by atoms with Crippen molar-refractivity contribution < 1.29 is 14.5 Å². The van der Waals surface area contributed by atoms with Gasteiger partial charge in [-0.15, -0.1) is 0 Å². The molecule has 154 valence electrons. The molecule has 1 aliphatic rings. The van der Waals surface area contributed by atoms with Gasteiger partial charge in [0.25, 0.3) is 11.6 Å². The zero-order valence-electron chi connectivity index (χ0n) is 17.2. The van der Waals surface area contributed by atoms with Crippen LogP contribution >= 0.6 is 0 Å². The minimum Gasteiger partial charge on any atom is -0.352 e. The van der Waals surface area contributed by atoms with Crippen LogP contribution in [0.15, 0.2) is 18.2 Å². The van der Waals surface area contributed by atoms with Crippen LogP contribution in [0.1, 0.15) is 68.8 Å². The number of aryl methyl sites for hydroxylation is 1. The maximum atomic E-state index is 12.9. The summed E-state index contributed by atoms with van der Waals surface area (Å²) in [6.45, 7) is 8.51. The molecule has 28 heavy (non-hydrogen) atoms. The van der Waals surface area contributed by atoms with Gasteiger partial charge in [-0.2, -0.15) is 0 Å². The lowest BCUT2D eigenvalue weighted by Gasteiger charge is -2.26. The van der Waals surface area contributed by atoms with E-state index in [1.807, 2.05) is 6.92 Å². The summed E-state index contributed by atoms with van der Waals surface area (Å²) >= 11 is 0. The number of nitrogens with zero attached hydrogens (tertiary/aromatic N) is 2. The van der Waals surface area contributed by atoms with E-state index in [2.05, 4.69) is 19.2 Å². The van der Waals surface area contributed by atoms with E-state index in [0.29, 0.717) is 30.0 Å². The van der Waals surface area contributed by atoms with Crippen molar-refractivity contribution >= 4 is 17.5 Å². The maximum absolute atomic E-state index is 12.9. The van der Waals surface area contributed by atoms with Crippen molar-refractivity contribution in [2.45, 2.75) is 71.9 Å². The second kappa shape index (κ2) is 9.66. The fourth-order valence-electron chi connectivity index (χ4n) is 3.69. The van der Waals surface area contributed by atoms with Crippen LogP contribution in [-0.2, 0) is 4.79 Å². The Kier molecular flexibility index (Phi) is 7.54. The summed E-state index contributed by atoms with van der Waals surface area (Å²) in [4.78, 5) is 37.7. The summed E-state index contributed by atoms with van der Waals surface area (Å²) in [5.74, 6) is 0.292. The first kappa shape index (κ1) is 21.9. The van der Waals surface area contributed by atoms with Gasteiger partial charge in [-0.3, -0.25) is 19.7 Å². The van der Waals surface area contributed by atoms with E-state index < -0.39 is 11.0 Å². The van der Waals surface area contributed by atoms with Gasteiger partial charge in [-0.25, -0.2) is 0 Å². The minimum absolute atomic E-state index is 0.0116. The molecule has 2 rings (SSSR count). The van der Waals surface area contributed by atoms with Gasteiger partial charge in [-0.1, -0.05) is 26.7 Å². The lowest BCUT2D eigenvalue weighted by atomic mass is 10.0. The van der Waals surface area contributed by atoms with E-state index in [1.165, 1.54) is 18.2 Å². The monoisotopic (exact) mass is 389 g/mol. The van der Waals surface area contributed by atoms with Crippen molar-refractivity contribution in [3.63, 3.8) is 0 Å². The van der Waals surface area contributed by atoms with Crippen molar-refractivity contribution in [1.82, 2.24) is 10.2 Å². The Hall–Kier alpha value is -2.44. The number of nitro benzene ring substituents is 1. The number of likely N-dealkylation sites (tertiary alicyclic amines) is 1. The predicted octanol–water partition coefficient (Wildman–Crippen LogP) is 3.84. The quantitative estimate of drug-likeness (QED) is 0.540. The molecule has 0 bridgehead atoms. The standard InChI is InChI=1S/C21H31N3O4/c1-14(2)7-5-8-16(4)22-20(25)19-9-6-12-23(19)21(26)17-10-11-18(24(27)28)15(3)13-17/h10-11,13-14,16,19H,5-9,12H2,1-4H3,(H,22,25). The zero-order valence-corrected chi connectivity index (χ0v) is 17.2. The summed E-state index contributed by atoms with van der Waals surface area (Å²) in [6, 6.07) is 3.95. The molecule has 7 nitrogen and oxygen atoms in total.